The van der Waals surface area contributed by atoms with Gasteiger partial charge >= 0.3 is 6.09 Å². The predicted octanol–water partition coefficient (Wildman–Crippen LogP) is 1.62. The fraction of sp³-hybridized carbons (Fsp3) is 0.800. The molecule has 2 unspecified atom stereocenters. The van der Waals surface area contributed by atoms with Gasteiger partial charge in [-0.05, 0) is 18.8 Å². The number of ether oxygens (including phenoxy) is 1. The van der Waals surface area contributed by atoms with E-state index in [9.17, 15) is 4.79 Å². The molecule has 14 heavy (non-hydrogen) atoms. The molecule has 0 aromatic heterocycles. The van der Waals surface area contributed by atoms with E-state index in [1.54, 1.807) is 4.90 Å². The number of likely N-dealkylation sites (tertiary alicyclic amines) is 1. The van der Waals surface area contributed by atoms with Gasteiger partial charge in [0.15, 0.2) is 0 Å². The molecule has 0 aromatic rings. The Morgan fingerprint density at radius 3 is 3.00 bits per heavy atom. The molecule has 1 heterocycles. The molecule has 1 saturated heterocycles. The number of amides is 1. The van der Waals surface area contributed by atoms with Crippen LogP contribution >= 0.6 is 0 Å². The lowest BCUT2D eigenvalue weighted by Crippen LogP contribution is -2.29. The van der Waals surface area contributed by atoms with Crippen LogP contribution in [0, 0.1) is 23.2 Å². The molecule has 78 valence electrons. The number of hydrogen-bond donors (Lipinski definition) is 0. The van der Waals surface area contributed by atoms with E-state index in [0.717, 1.165) is 19.4 Å². The lowest BCUT2D eigenvalue weighted by Gasteiger charge is -2.16. The van der Waals surface area contributed by atoms with Gasteiger partial charge in [0, 0.05) is 13.1 Å². The highest BCUT2D eigenvalue weighted by molar-refractivity contribution is 5.67. The van der Waals surface area contributed by atoms with Crippen molar-refractivity contribution in [3.8, 4) is 6.07 Å². The number of nitriles is 1. The number of carbonyl (C=O) groups is 1. The van der Waals surface area contributed by atoms with Crippen LogP contribution in [0.15, 0.2) is 0 Å². The van der Waals surface area contributed by atoms with Gasteiger partial charge in [-0.15, -0.1) is 0 Å². The van der Waals surface area contributed by atoms with E-state index in [4.69, 9.17) is 5.26 Å². The van der Waals surface area contributed by atoms with Gasteiger partial charge in [0.1, 0.15) is 0 Å². The van der Waals surface area contributed by atoms with Crippen LogP contribution in [0.1, 0.15) is 19.8 Å². The normalized spacial score (nSPS) is 22.9. The first-order valence-electron chi connectivity index (χ1n) is 4.95. The standard InChI is InChI=1S/C10H16N2O2/c1-3-8(6-11)9-4-5-12(7-9)10(13)14-2/h8-9H,3-5,7H2,1-2H3. The van der Waals surface area contributed by atoms with E-state index >= 15 is 0 Å². The topological polar surface area (TPSA) is 53.3 Å². The minimum atomic E-state index is -0.278. The summed E-state index contributed by atoms with van der Waals surface area (Å²) in [5.74, 6) is 0.397. The van der Waals surface area contributed by atoms with Crippen molar-refractivity contribution >= 4 is 6.09 Å². The van der Waals surface area contributed by atoms with Gasteiger partial charge in [0.05, 0.1) is 19.1 Å². The second-order valence-corrected chi connectivity index (χ2v) is 3.61. The van der Waals surface area contributed by atoms with Crippen molar-refractivity contribution < 1.29 is 9.53 Å². The number of nitrogens with zero attached hydrogens (tertiary/aromatic N) is 2. The summed E-state index contributed by atoms with van der Waals surface area (Å²) in [6, 6.07) is 2.29. The van der Waals surface area contributed by atoms with Crippen LogP contribution in [-0.2, 0) is 4.74 Å². The van der Waals surface area contributed by atoms with E-state index in [2.05, 4.69) is 10.8 Å². The van der Waals surface area contributed by atoms with Gasteiger partial charge in [-0.3, -0.25) is 0 Å². The fourth-order valence-corrected chi connectivity index (χ4v) is 1.94. The Labute approximate surface area is 84.4 Å². The molecule has 0 saturated carbocycles. The molecular weight excluding hydrogens is 180 g/mol. The van der Waals surface area contributed by atoms with Gasteiger partial charge in [0.2, 0.25) is 0 Å². The predicted molar refractivity (Wildman–Crippen MR) is 51.5 cm³/mol. The molecule has 0 spiro atoms. The van der Waals surface area contributed by atoms with Crippen molar-refractivity contribution in [2.75, 3.05) is 20.2 Å². The summed E-state index contributed by atoms with van der Waals surface area (Å²) in [5.41, 5.74) is 0. The van der Waals surface area contributed by atoms with Gasteiger partial charge in [-0.25, -0.2) is 4.79 Å². The maximum absolute atomic E-state index is 11.2. The molecule has 2 atom stereocenters. The zero-order chi connectivity index (χ0) is 10.6. The van der Waals surface area contributed by atoms with Crippen molar-refractivity contribution in [1.82, 2.24) is 4.90 Å². The van der Waals surface area contributed by atoms with Gasteiger partial charge in [0.25, 0.3) is 0 Å². The van der Waals surface area contributed by atoms with Crippen molar-refractivity contribution in [3.05, 3.63) is 0 Å². The average molecular weight is 196 g/mol. The number of carbonyl (C=O) groups excluding carboxylic acids is 1. The Kier molecular flexibility index (Phi) is 3.75. The van der Waals surface area contributed by atoms with Crippen LogP contribution in [0.2, 0.25) is 0 Å². The molecule has 0 radical (unpaired) electrons. The molecule has 0 N–H and O–H groups in total. The van der Waals surface area contributed by atoms with Crippen molar-refractivity contribution in [2.45, 2.75) is 19.8 Å². The first kappa shape index (κ1) is 10.8. The monoisotopic (exact) mass is 196 g/mol. The zero-order valence-electron chi connectivity index (χ0n) is 8.69. The van der Waals surface area contributed by atoms with Crippen LogP contribution in [0.25, 0.3) is 0 Å². The maximum Gasteiger partial charge on any atom is 0.409 e. The van der Waals surface area contributed by atoms with E-state index in [1.165, 1.54) is 7.11 Å². The Morgan fingerprint density at radius 1 is 1.79 bits per heavy atom. The molecule has 0 aromatic carbocycles. The Morgan fingerprint density at radius 2 is 2.50 bits per heavy atom. The van der Waals surface area contributed by atoms with Gasteiger partial charge in [-0.2, -0.15) is 5.26 Å². The molecule has 0 bridgehead atoms. The summed E-state index contributed by atoms with van der Waals surface area (Å²) < 4.78 is 4.63. The van der Waals surface area contributed by atoms with E-state index in [0.29, 0.717) is 12.5 Å². The first-order valence-corrected chi connectivity index (χ1v) is 4.95. The molecule has 1 amide bonds. The highest BCUT2D eigenvalue weighted by atomic mass is 16.5. The number of rotatable bonds is 2. The summed E-state index contributed by atoms with van der Waals surface area (Å²) >= 11 is 0. The van der Waals surface area contributed by atoms with Crippen LogP contribution in [0.3, 0.4) is 0 Å². The molecule has 1 rings (SSSR count). The SMILES string of the molecule is CCC(C#N)C1CCN(C(=O)OC)C1. The summed E-state index contributed by atoms with van der Waals surface area (Å²) in [4.78, 5) is 12.9. The number of hydrogen-bond acceptors (Lipinski definition) is 3. The molecule has 1 aliphatic rings. The molecule has 1 fully saturated rings. The molecule has 1 aliphatic heterocycles. The second kappa shape index (κ2) is 4.85. The van der Waals surface area contributed by atoms with E-state index < -0.39 is 0 Å². The lowest BCUT2D eigenvalue weighted by molar-refractivity contribution is 0.130. The molecular formula is C10H16N2O2. The van der Waals surface area contributed by atoms with E-state index in [-0.39, 0.29) is 12.0 Å². The highest BCUT2D eigenvalue weighted by Crippen LogP contribution is 2.26. The minimum Gasteiger partial charge on any atom is -0.453 e. The lowest BCUT2D eigenvalue weighted by atomic mass is 9.91. The third-order valence-electron chi connectivity index (χ3n) is 2.83. The van der Waals surface area contributed by atoms with Crippen LogP contribution in [0.5, 0.6) is 0 Å². The summed E-state index contributed by atoms with van der Waals surface area (Å²) in [6.07, 6.45) is 1.50. The van der Waals surface area contributed by atoms with Gasteiger partial charge in [-0.1, -0.05) is 6.92 Å². The summed E-state index contributed by atoms with van der Waals surface area (Å²) in [5, 5.41) is 8.88. The Bertz CT molecular complexity index is 247. The van der Waals surface area contributed by atoms with Crippen LogP contribution < -0.4 is 0 Å². The zero-order valence-corrected chi connectivity index (χ0v) is 8.69. The van der Waals surface area contributed by atoms with Crippen LogP contribution in [0.4, 0.5) is 4.79 Å². The largest absolute Gasteiger partial charge is 0.453 e. The third-order valence-corrected chi connectivity index (χ3v) is 2.83. The summed E-state index contributed by atoms with van der Waals surface area (Å²) in [7, 11) is 1.39. The third kappa shape index (κ3) is 2.16. The van der Waals surface area contributed by atoms with Gasteiger partial charge < -0.3 is 9.64 Å². The minimum absolute atomic E-state index is 0.0738. The quantitative estimate of drug-likeness (QED) is 0.674. The van der Waals surface area contributed by atoms with Crippen LogP contribution in [-0.4, -0.2) is 31.2 Å². The Hall–Kier alpha value is -1.24. The number of methoxy groups -OCH3 is 1. The smallest absolute Gasteiger partial charge is 0.409 e. The summed E-state index contributed by atoms with van der Waals surface area (Å²) in [6.45, 7) is 3.39. The molecule has 4 heteroatoms. The molecule has 0 aliphatic carbocycles. The maximum atomic E-state index is 11.2. The molecule has 4 nitrogen and oxygen atoms in total. The fourth-order valence-electron chi connectivity index (χ4n) is 1.94. The van der Waals surface area contributed by atoms with Crippen molar-refractivity contribution in [1.29, 1.82) is 5.26 Å². The van der Waals surface area contributed by atoms with Crippen molar-refractivity contribution in [3.63, 3.8) is 0 Å². The Balaban J connectivity index is 2.49. The van der Waals surface area contributed by atoms with Crippen molar-refractivity contribution in [2.24, 2.45) is 11.8 Å². The van der Waals surface area contributed by atoms with E-state index in [1.807, 2.05) is 6.92 Å². The average Bonchev–Trinajstić information content (AvgIpc) is 2.68. The second-order valence-electron chi connectivity index (χ2n) is 3.61. The highest BCUT2D eigenvalue weighted by Gasteiger charge is 2.31. The first-order chi connectivity index (χ1) is 6.72.